The molecule has 1 aromatic heterocycles. The van der Waals surface area contributed by atoms with Crippen LogP contribution in [0.15, 0.2) is 29.2 Å². The van der Waals surface area contributed by atoms with Crippen LogP contribution in [0.25, 0.3) is 0 Å². The summed E-state index contributed by atoms with van der Waals surface area (Å²) >= 11 is 0. The zero-order valence-corrected chi connectivity index (χ0v) is 16.1. The maximum atomic E-state index is 12.9. The van der Waals surface area contributed by atoms with Crippen molar-refractivity contribution in [1.82, 2.24) is 4.57 Å². The Hall–Kier alpha value is -2.80. The highest BCUT2D eigenvalue weighted by Crippen LogP contribution is 2.35. The Balaban J connectivity index is 1.60. The molecule has 0 spiro atoms. The van der Waals surface area contributed by atoms with Crippen LogP contribution in [-0.4, -0.2) is 36.4 Å². The summed E-state index contributed by atoms with van der Waals surface area (Å²) in [5, 5.41) is 2.86. The Morgan fingerprint density at radius 3 is 2.61 bits per heavy atom. The molecule has 4 rings (SSSR count). The maximum Gasteiger partial charge on any atom is 0.263 e. The molecule has 148 valence electrons. The quantitative estimate of drug-likeness (QED) is 0.877. The lowest BCUT2D eigenvalue weighted by Gasteiger charge is -2.20. The standard InChI is InChI=1S/C21H24N2O5/c1-13-5-6-23(12-15-4-3-7-26-15)21(25)19(13)20(24)22-16-11-18-17(10-14(16)2)27-8-9-28-18/h5-6,10-11,15H,3-4,7-9,12H2,1-2H3,(H,22,24). The molecule has 7 heteroatoms. The van der Waals surface area contributed by atoms with Crippen LogP contribution < -0.4 is 20.3 Å². The van der Waals surface area contributed by atoms with E-state index in [-0.39, 0.29) is 17.2 Å². The Bertz CT molecular complexity index is 960. The summed E-state index contributed by atoms with van der Waals surface area (Å²) in [6, 6.07) is 5.37. The molecule has 1 atom stereocenters. The fraction of sp³-hybridized carbons (Fsp3) is 0.429. The normalized spacial score (nSPS) is 18.1. The summed E-state index contributed by atoms with van der Waals surface area (Å²) in [7, 11) is 0. The summed E-state index contributed by atoms with van der Waals surface area (Å²) in [6.07, 6.45) is 3.68. The number of nitrogens with zero attached hydrogens (tertiary/aromatic N) is 1. The molecule has 2 aliphatic rings. The van der Waals surface area contributed by atoms with Crippen LogP contribution in [0.5, 0.6) is 11.5 Å². The van der Waals surface area contributed by atoms with Crippen LogP contribution in [0.4, 0.5) is 5.69 Å². The van der Waals surface area contributed by atoms with Gasteiger partial charge in [0.1, 0.15) is 18.8 Å². The SMILES string of the molecule is Cc1cc2c(cc1NC(=O)c1c(C)ccn(CC3CCCO3)c1=O)OCCO2. The molecule has 1 N–H and O–H groups in total. The van der Waals surface area contributed by atoms with Crippen molar-refractivity contribution < 1.29 is 19.0 Å². The predicted molar refractivity (Wildman–Crippen MR) is 105 cm³/mol. The van der Waals surface area contributed by atoms with E-state index in [9.17, 15) is 9.59 Å². The van der Waals surface area contributed by atoms with Crippen molar-refractivity contribution in [1.29, 1.82) is 0 Å². The van der Waals surface area contributed by atoms with Gasteiger partial charge in [0, 0.05) is 24.6 Å². The van der Waals surface area contributed by atoms with Crippen molar-refractivity contribution in [3.05, 3.63) is 51.4 Å². The van der Waals surface area contributed by atoms with Gasteiger partial charge >= 0.3 is 0 Å². The van der Waals surface area contributed by atoms with Gasteiger partial charge in [0.15, 0.2) is 11.5 Å². The zero-order valence-electron chi connectivity index (χ0n) is 16.1. The first-order chi connectivity index (χ1) is 13.5. The molecule has 0 bridgehead atoms. The number of carbonyl (C=O) groups is 1. The Morgan fingerprint density at radius 2 is 1.89 bits per heavy atom. The number of pyridine rings is 1. The van der Waals surface area contributed by atoms with Gasteiger partial charge in [-0.3, -0.25) is 9.59 Å². The predicted octanol–water partition coefficient (Wildman–Crippen LogP) is 2.67. The molecule has 0 aliphatic carbocycles. The van der Waals surface area contributed by atoms with Gasteiger partial charge < -0.3 is 24.1 Å². The first-order valence-electron chi connectivity index (χ1n) is 9.56. The van der Waals surface area contributed by atoms with E-state index in [2.05, 4.69) is 5.32 Å². The third-order valence-corrected chi connectivity index (χ3v) is 5.16. The molecular formula is C21H24N2O5. The van der Waals surface area contributed by atoms with Gasteiger partial charge in [0.2, 0.25) is 0 Å². The molecule has 1 fully saturated rings. The molecule has 1 saturated heterocycles. The van der Waals surface area contributed by atoms with Crippen molar-refractivity contribution >= 4 is 11.6 Å². The third kappa shape index (κ3) is 3.62. The monoisotopic (exact) mass is 384 g/mol. The highest BCUT2D eigenvalue weighted by molar-refractivity contribution is 6.05. The third-order valence-electron chi connectivity index (χ3n) is 5.16. The molecule has 1 unspecified atom stereocenters. The number of aromatic nitrogens is 1. The molecule has 0 radical (unpaired) electrons. The summed E-state index contributed by atoms with van der Waals surface area (Å²) < 4.78 is 18.3. The topological polar surface area (TPSA) is 78.8 Å². The van der Waals surface area contributed by atoms with Crippen LogP contribution in [-0.2, 0) is 11.3 Å². The van der Waals surface area contributed by atoms with Gasteiger partial charge in [0.25, 0.3) is 11.5 Å². The molecule has 1 amide bonds. The lowest BCUT2D eigenvalue weighted by molar-refractivity contribution is 0.0952. The second kappa shape index (κ2) is 7.67. The molecule has 1 aromatic carbocycles. The van der Waals surface area contributed by atoms with E-state index in [1.807, 2.05) is 13.0 Å². The van der Waals surface area contributed by atoms with E-state index in [1.165, 1.54) is 0 Å². The summed E-state index contributed by atoms with van der Waals surface area (Å²) in [4.78, 5) is 25.9. The summed E-state index contributed by atoms with van der Waals surface area (Å²) in [5.74, 6) is 0.827. The van der Waals surface area contributed by atoms with Crippen molar-refractivity contribution in [2.45, 2.75) is 39.3 Å². The number of rotatable bonds is 4. The first kappa shape index (κ1) is 18.6. The molecule has 7 nitrogen and oxygen atoms in total. The number of benzene rings is 1. The lowest BCUT2D eigenvalue weighted by atomic mass is 10.1. The minimum absolute atomic E-state index is 0.0244. The molecule has 2 aromatic rings. The number of aryl methyl sites for hydroxylation is 2. The van der Waals surface area contributed by atoms with Gasteiger partial charge in [-0.2, -0.15) is 0 Å². The Morgan fingerprint density at radius 1 is 1.14 bits per heavy atom. The highest BCUT2D eigenvalue weighted by atomic mass is 16.6. The number of nitrogens with one attached hydrogen (secondary N) is 1. The van der Waals surface area contributed by atoms with Crippen LogP contribution in [0, 0.1) is 13.8 Å². The second-order valence-electron chi connectivity index (χ2n) is 7.23. The number of amides is 1. The molecule has 0 saturated carbocycles. The van der Waals surface area contributed by atoms with Crippen LogP contribution in [0.1, 0.15) is 34.3 Å². The average molecular weight is 384 g/mol. The van der Waals surface area contributed by atoms with Gasteiger partial charge in [0.05, 0.1) is 12.6 Å². The average Bonchev–Trinajstić information content (AvgIpc) is 3.18. The minimum Gasteiger partial charge on any atom is -0.486 e. The van der Waals surface area contributed by atoms with Crippen LogP contribution in [0.2, 0.25) is 0 Å². The van der Waals surface area contributed by atoms with Gasteiger partial charge in [-0.05, 0) is 49.9 Å². The molecular weight excluding hydrogens is 360 g/mol. The van der Waals surface area contributed by atoms with E-state index >= 15 is 0 Å². The van der Waals surface area contributed by atoms with Crippen LogP contribution in [0.3, 0.4) is 0 Å². The van der Waals surface area contributed by atoms with Crippen molar-refractivity contribution in [2.75, 3.05) is 25.1 Å². The fourth-order valence-electron chi connectivity index (χ4n) is 3.60. The van der Waals surface area contributed by atoms with Gasteiger partial charge in [-0.15, -0.1) is 0 Å². The molecule has 28 heavy (non-hydrogen) atoms. The maximum absolute atomic E-state index is 12.9. The summed E-state index contributed by atoms with van der Waals surface area (Å²) in [6.45, 7) is 5.80. The first-order valence-corrected chi connectivity index (χ1v) is 9.56. The Labute approximate surface area is 163 Å². The van der Waals surface area contributed by atoms with Gasteiger partial charge in [-0.25, -0.2) is 0 Å². The number of fused-ring (bicyclic) bond motifs is 1. The smallest absolute Gasteiger partial charge is 0.263 e. The molecule has 3 heterocycles. The van der Waals surface area contributed by atoms with E-state index < -0.39 is 5.91 Å². The Kier molecular flexibility index (Phi) is 5.09. The van der Waals surface area contributed by atoms with E-state index in [4.69, 9.17) is 14.2 Å². The molecule has 2 aliphatic heterocycles. The lowest BCUT2D eigenvalue weighted by Crippen LogP contribution is -2.33. The van der Waals surface area contributed by atoms with Crippen LogP contribution >= 0.6 is 0 Å². The minimum atomic E-state index is -0.427. The number of anilines is 1. The second-order valence-corrected chi connectivity index (χ2v) is 7.23. The van der Waals surface area contributed by atoms with Crippen molar-refractivity contribution in [3.8, 4) is 11.5 Å². The van der Waals surface area contributed by atoms with E-state index in [0.717, 1.165) is 25.0 Å². The van der Waals surface area contributed by atoms with Crippen molar-refractivity contribution in [2.24, 2.45) is 0 Å². The summed E-state index contributed by atoms with van der Waals surface area (Å²) in [5.41, 5.74) is 1.92. The number of ether oxygens (including phenoxy) is 3. The highest BCUT2D eigenvalue weighted by Gasteiger charge is 2.22. The number of hydrogen-bond acceptors (Lipinski definition) is 5. The zero-order chi connectivity index (χ0) is 19.7. The largest absolute Gasteiger partial charge is 0.486 e. The number of carbonyl (C=O) groups excluding carboxylic acids is 1. The number of hydrogen-bond donors (Lipinski definition) is 1. The van der Waals surface area contributed by atoms with Gasteiger partial charge in [-0.1, -0.05) is 0 Å². The fourth-order valence-corrected chi connectivity index (χ4v) is 3.60. The van der Waals surface area contributed by atoms with E-state index in [1.54, 1.807) is 29.8 Å². The van der Waals surface area contributed by atoms with E-state index in [0.29, 0.717) is 42.5 Å². The van der Waals surface area contributed by atoms with Crippen molar-refractivity contribution in [3.63, 3.8) is 0 Å².